The summed E-state index contributed by atoms with van der Waals surface area (Å²) in [5, 5.41) is 9.52. The van der Waals surface area contributed by atoms with Gasteiger partial charge in [-0.2, -0.15) is 0 Å². The lowest BCUT2D eigenvalue weighted by Gasteiger charge is -2.29. The van der Waals surface area contributed by atoms with Crippen LogP contribution in [-0.4, -0.2) is 22.6 Å². The highest BCUT2D eigenvalue weighted by Crippen LogP contribution is 2.27. The molecule has 0 saturated heterocycles. The van der Waals surface area contributed by atoms with Gasteiger partial charge in [0.15, 0.2) is 6.04 Å². The summed E-state index contributed by atoms with van der Waals surface area (Å²) in [5.41, 5.74) is 2.73. The summed E-state index contributed by atoms with van der Waals surface area (Å²) in [5.74, 6) is -0.856. The lowest BCUT2D eigenvalue weighted by molar-refractivity contribution is -0.138. The van der Waals surface area contributed by atoms with Gasteiger partial charge in [0.05, 0.1) is 0 Å². The van der Waals surface area contributed by atoms with Gasteiger partial charge in [-0.15, -0.1) is 0 Å². The molecule has 2 aromatic rings. The predicted octanol–water partition coefficient (Wildman–Crippen LogP) is 2.98. The highest BCUT2D eigenvalue weighted by atomic mass is 16.4. The summed E-state index contributed by atoms with van der Waals surface area (Å²) in [4.78, 5) is 16.5. The van der Waals surface area contributed by atoms with Crippen molar-refractivity contribution < 1.29 is 9.90 Å². The molecule has 1 unspecified atom stereocenters. The number of likely N-dealkylation sites (N-methyl/N-ethyl adjacent to an activating group) is 1. The zero-order valence-corrected chi connectivity index (χ0v) is 11.1. The fourth-order valence-electron chi connectivity index (χ4n) is 2.27. The van der Waals surface area contributed by atoms with Crippen LogP contribution < -0.4 is 4.90 Å². The third-order valence-electron chi connectivity index (χ3n) is 3.14. The highest BCUT2D eigenvalue weighted by Gasteiger charge is 2.27. The SMILES string of the molecule is CCN(c1cccc(C)c1)C(C(=O)O)c1ccc[nH]1. The summed E-state index contributed by atoms with van der Waals surface area (Å²) in [6.07, 6.45) is 1.75. The van der Waals surface area contributed by atoms with E-state index in [1.54, 1.807) is 12.3 Å². The monoisotopic (exact) mass is 258 g/mol. The Kier molecular flexibility index (Phi) is 3.90. The third-order valence-corrected chi connectivity index (χ3v) is 3.14. The van der Waals surface area contributed by atoms with Crippen molar-refractivity contribution in [2.45, 2.75) is 19.9 Å². The molecule has 4 heteroatoms. The second-order valence-electron chi connectivity index (χ2n) is 4.49. The van der Waals surface area contributed by atoms with Crippen molar-refractivity contribution >= 4 is 11.7 Å². The maximum Gasteiger partial charge on any atom is 0.332 e. The number of aryl methyl sites for hydroxylation is 1. The summed E-state index contributed by atoms with van der Waals surface area (Å²) in [6.45, 7) is 4.59. The fraction of sp³-hybridized carbons (Fsp3) is 0.267. The largest absolute Gasteiger partial charge is 0.479 e. The van der Waals surface area contributed by atoms with E-state index in [9.17, 15) is 9.90 Å². The molecule has 1 atom stereocenters. The molecule has 0 spiro atoms. The first-order valence-corrected chi connectivity index (χ1v) is 6.33. The number of carbonyl (C=O) groups is 1. The van der Waals surface area contributed by atoms with Gasteiger partial charge < -0.3 is 15.0 Å². The number of aromatic amines is 1. The van der Waals surface area contributed by atoms with Crippen LogP contribution in [0.25, 0.3) is 0 Å². The molecule has 2 N–H and O–H groups in total. The van der Waals surface area contributed by atoms with Gasteiger partial charge >= 0.3 is 5.97 Å². The minimum Gasteiger partial charge on any atom is -0.479 e. The quantitative estimate of drug-likeness (QED) is 0.866. The van der Waals surface area contributed by atoms with Crippen LogP contribution in [0, 0.1) is 6.92 Å². The minimum atomic E-state index is -0.856. The smallest absolute Gasteiger partial charge is 0.332 e. The summed E-state index contributed by atoms with van der Waals surface area (Å²) in [6, 6.07) is 10.8. The van der Waals surface area contributed by atoms with Crippen molar-refractivity contribution in [1.82, 2.24) is 4.98 Å². The average Bonchev–Trinajstić information content (AvgIpc) is 2.88. The van der Waals surface area contributed by atoms with Crippen LogP contribution >= 0.6 is 0 Å². The lowest BCUT2D eigenvalue weighted by atomic mass is 10.1. The molecular formula is C15H18N2O2. The first-order chi connectivity index (χ1) is 9.13. The average molecular weight is 258 g/mol. The molecule has 0 saturated carbocycles. The minimum absolute atomic E-state index is 0.624. The number of rotatable bonds is 5. The number of anilines is 1. The molecule has 0 bridgehead atoms. The number of carboxylic acids is 1. The first kappa shape index (κ1) is 13.2. The Morgan fingerprint density at radius 3 is 2.68 bits per heavy atom. The molecule has 19 heavy (non-hydrogen) atoms. The zero-order chi connectivity index (χ0) is 13.8. The molecule has 0 amide bonds. The van der Waals surface area contributed by atoms with Crippen LogP contribution in [0.3, 0.4) is 0 Å². The van der Waals surface area contributed by atoms with Gasteiger partial charge in [0.1, 0.15) is 0 Å². The van der Waals surface area contributed by atoms with Gasteiger partial charge in [0, 0.05) is 24.1 Å². The number of nitrogens with zero attached hydrogens (tertiary/aromatic N) is 1. The molecule has 0 aliphatic rings. The molecule has 0 fully saturated rings. The lowest BCUT2D eigenvalue weighted by Crippen LogP contribution is -2.34. The zero-order valence-electron chi connectivity index (χ0n) is 11.1. The Hall–Kier alpha value is -2.23. The highest BCUT2D eigenvalue weighted by molar-refractivity contribution is 5.79. The van der Waals surface area contributed by atoms with Gasteiger partial charge in [-0.1, -0.05) is 12.1 Å². The molecule has 4 nitrogen and oxygen atoms in total. The van der Waals surface area contributed by atoms with E-state index < -0.39 is 12.0 Å². The van der Waals surface area contributed by atoms with E-state index in [4.69, 9.17) is 0 Å². The molecule has 1 heterocycles. The molecule has 1 aromatic carbocycles. The third kappa shape index (κ3) is 2.78. The molecule has 0 aliphatic carbocycles. The number of aliphatic carboxylic acids is 1. The van der Waals surface area contributed by atoms with E-state index in [2.05, 4.69) is 4.98 Å². The number of nitrogens with one attached hydrogen (secondary N) is 1. The Bertz CT molecular complexity index is 549. The second kappa shape index (κ2) is 5.61. The number of hydrogen-bond donors (Lipinski definition) is 2. The van der Waals surface area contributed by atoms with Crippen molar-refractivity contribution in [1.29, 1.82) is 0 Å². The van der Waals surface area contributed by atoms with Crippen molar-refractivity contribution in [3.8, 4) is 0 Å². The second-order valence-corrected chi connectivity index (χ2v) is 4.49. The molecule has 1 aromatic heterocycles. The van der Waals surface area contributed by atoms with E-state index in [1.807, 2.05) is 49.1 Å². The molecule has 0 radical (unpaired) electrons. The Balaban J connectivity index is 2.41. The topological polar surface area (TPSA) is 56.3 Å². The Morgan fingerprint density at radius 2 is 2.16 bits per heavy atom. The molecule has 0 aliphatic heterocycles. The standard InChI is InChI=1S/C15H18N2O2/c1-3-17(12-7-4-6-11(2)10-12)14(15(18)19)13-8-5-9-16-13/h4-10,14,16H,3H2,1-2H3,(H,18,19). The van der Waals surface area contributed by atoms with Crippen molar-refractivity contribution in [3.63, 3.8) is 0 Å². The Labute approximate surface area is 112 Å². The van der Waals surface area contributed by atoms with Crippen LogP contribution in [0.2, 0.25) is 0 Å². The maximum absolute atomic E-state index is 11.6. The number of H-pyrrole nitrogens is 1. The van der Waals surface area contributed by atoms with E-state index >= 15 is 0 Å². The van der Waals surface area contributed by atoms with Crippen LogP contribution in [0.4, 0.5) is 5.69 Å². The van der Waals surface area contributed by atoms with Gasteiger partial charge in [-0.25, -0.2) is 4.79 Å². The van der Waals surface area contributed by atoms with Crippen LogP contribution in [0.15, 0.2) is 42.6 Å². The van der Waals surface area contributed by atoms with Crippen molar-refractivity contribution in [2.24, 2.45) is 0 Å². The Morgan fingerprint density at radius 1 is 1.37 bits per heavy atom. The summed E-state index contributed by atoms with van der Waals surface area (Å²) < 4.78 is 0. The first-order valence-electron chi connectivity index (χ1n) is 6.33. The van der Waals surface area contributed by atoms with Crippen LogP contribution in [0.1, 0.15) is 24.2 Å². The van der Waals surface area contributed by atoms with Gasteiger partial charge in [-0.3, -0.25) is 0 Å². The fourth-order valence-corrected chi connectivity index (χ4v) is 2.27. The van der Waals surface area contributed by atoms with E-state index in [0.29, 0.717) is 12.2 Å². The maximum atomic E-state index is 11.6. The van der Waals surface area contributed by atoms with Crippen molar-refractivity contribution in [2.75, 3.05) is 11.4 Å². The summed E-state index contributed by atoms with van der Waals surface area (Å²) >= 11 is 0. The number of benzene rings is 1. The van der Waals surface area contributed by atoms with Crippen LogP contribution in [0.5, 0.6) is 0 Å². The van der Waals surface area contributed by atoms with Crippen LogP contribution in [-0.2, 0) is 4.79 Å². The van der Waals surface area contributed by atoms with E-state index in [1.165, 1.54) is 0 Å². The number of aromatic nitrogens is 1. The predicted molar refractivity (Wildman–Crippen MR) is 75.4 cm³/mol. The van der Waals surface area contributed by atoms with Gasteiger partial charge in [0.25, 0.3) is 0 Å². The van der Waals surface area contributed by atoms with Gasteiger partial charge in [-0.05, 0) is 43.7 Å². The van der Waals surface area contributed by atoms with Crippen molar-refractivity contribution in [3.05, 3.63) is 53.9 Å². The van der Waals surface area contributed by atoms with E-state index in [-0.39, 0.29) is 0 Å². The summed E-state index contributed by atoms with van der Waals surface area (Å²) in [7, 11) is 0. The normalized spacial score (nSPS) is 12.1. The molecule has 100 valence electrons. The number of hydrogen-bond acceptors (Lipinski definition) is 2. The van der Waals surface area contributed by atoms with Gasteiger partial charge in [0.2, 0.25) is 0 Å². The number of carboxylic acid groups (broad SMARTS) is 1. The van der Waals surface area contributed by atoms with E-state index in [0.717, 1.165) is 11.3 Å². The molecule has 2 rings (SSSR count). The molecular weight excluding hydrogens is 240 g/mol.